The molecule has 0 spiro atoms. The SMILES string of the molecule is C/C(=N\c1ccc2c(c1)[C@@H](NC(=O)c1ccc(-c3ccccc3)cc1)[C@H](O)C2)N(C)CCOC(C)(C)C. The van der Waals surface area contributed by atoms with Crippen molar-refractivity contribution in [2.45, 2.75) is 51.9 Å². The second kappa shape index (κ2) is 11.3. The maximum atomic E-state index is 13.1. The van der Waals surface area contributed by atoms with Gasteiger partial charge in [-0.25, -0.2) is 4.99 Å². The molecule has 0 heterocycles. The van der Waals surface area contributed by atoms with Crippen molar-refractivity contribution >= 4 is 17.4 Å². The number of amidine groups is 1. The Hall–Kier alpha value is -3.48. The fourth-order valence-corrected chi connectivity index (χ4v) is 4.44. The zero-order valence-electron chi connectivity index (χ0n) is 22.4. The summed E-state index contributed by atoms with van der Waals surface area (Å²) in [4.78, 5) is 19.9. The lowest BCUT2D eigenvalue weighted by molar-refractivity contribution is -0.00608. The molecule has 0 radical (unpaired) electrons. The van der Waals surface area contributed by atoms with E-state index in [4.69, 9.17) is 9.73 Å². The normalized spacial score (nSPS) is 17.4. The highest BCUT2D eigenvalue weighted by Gasteiger charge is 2.32. The average Bonchev–Trinajstić information content (AvgIpc) is 3.18. The highest BCUT2D eigenvalue weighted by molar-refractivity contribution is 5.95. The van der Waals surface area contributed by atoms with Crippen molar-refractivity contribution in [3.05, 3.63) is 89.5 Å². The predicted octanol–water partition coefficient (Wildman–Crippen LogP) is 5.54. The number of amides is 1. The van der Waals surface area contributed by atoms with E-state index in [1.165, 1.54) is 0 Å². The van der Waals surface area contributed by atoms with Crippen LogP contribution in [-0.2, 0) is 11.2 Å². The summed E-state index contributed by atoms with van der Waals surface area (Å²) in [6.07, 6.45) is -0.180. The Kier molecular flexibility index (Phi) is 8.10. The van der Waals surface area contributed by atoms with Gasteiger partial charge in [-0.15, -0.1) is 0 Å². The number of aliphatic hydroxyl groups is 1. The van der Waals surface area contributed by atoms with Gasteiger partial charge >= 0.3 is 0 Å². The minimum absolute atomic E-state index is 0.171. The molecular formula is C31H37N3O3. The van der Waals surface area contributed by atoms with E-state index in [2.05, 4.69) is 10.2 Å². The van der Waals surface area contributed by atoms with Gasteiger partial charge in [-0.1, -0.05) is 48.5 Å². The van der Waals surface area contributed by atoms with E-state index in [-0.39, 0.29) is 11.5 Å². The van der Waals surface area contributed by atoms with E-state index in [1.54, 1.807) is 0 Å². The second-order valence-electron chi connectivity index (χ2n) is 10.6. The molecule has 0 fully saturated rings. The molecular weight excluding hydrogens is 462 g/mol. The van der Waals surface area contributed by atoms with E-state index in [1.807, 2.05) is 108 Å². The Morgan fingerprint density at radius 3 is 2.41 bits per heavy atom. The molecule has 6 nitrogen and oxygen atoms in total. The van der Waals surface area contributed by atoms with Gasteiger partial charge in [0.15, 0.2) is 0 Å². The van der Waals surface area contributed by atoms with Crippen molar-refractivity contribution in [3.8, 4) is 11.1 Å². The molecule has 1 aliphatic rings. The Morgan fingerprint density at radius 2 is 1.73 bits per heavy atom. The number of nitrogens with one attached hydrogen (secondary N) is 1. The average molecular weight is 500 g/mol. The standard InChI is InChI=1S/C31H37N3O3/c1-21(34(5)17-18-37-31(2,3)4)32-26-16-15-25-19-28(35)29(27(25)20-26)33-30(36)24-13-11-23(12-14-24)22-9-7-6-8-10-22/h6-16,20,28-29,35H,17-19H2,1-5H3,(H,33,36)/b32-21+/t28-,29-/m1/s1. The maximum Gasteiger partial charge on any atom is 0.251 e. The Bertz CT molecular complexity index is 1250. The maximum absolute atomic E-state index is 13.1. The van der Waals surface area contributed by atoms with E-state index in [0.717, 1.165) is 40.3 Å². The van der Waals surface area contributed by atoms with Crippen molar-refractivity contribution in [1.29, 1.82) is 0 Å². The summed E-state index contributed by atoms with van der Waals surface area (Å²) in [5.41, 5.74) is 5.28. The van der Waals surface area contributed by atoms with Crippen molar-refractivity contribution in [3.63, 3.8) is 0 Å². The lowest BCUT2D eigenvalue weighted by Gasteiger charge is -2.24. The topological polar surface area (TPSA) is 74.2 Å². The van der Waals surface area contributed by atoms with Crippen LogP contribution in [0.25, 0.3) is 11.1 Å². The fourth-order valence-electron chi connectivity index (χ4n) is 4.44. The molecule has 0 bridgehead atoms. The minimum Gasteiger partial charge on any atom is -0.390 e. The van der Waals surface area contributed by atoms with Gasteiger partial charge in [0.2, 0.25) is 0 Å². The molecule has 0 aromatic heterocycles. The van der Waals surface area contributed by atoms with Crippen LogP contribution in [0.5, 0.6) is 0 Å². The quantitative estimate of drug-likeness (QED) is 0.331. The third-order valence-corrected chi connectivity index (χ3v) is 6.62. The second-order valence-corrected chi connectivity index (χ2v) is 10.6. The van der Waals surface area contributed by atoms with Crippen LogP contribution < -0.4 is 5.32 Å². The molecule has 2 N–H and O–H groups in total. The van der Waals surface area contributed by atoms with Crippen LogP contribution in [-0.4, -0.2) is 53.7 Å². The van der Waals surface area contributed by atoms with Gasteiger partial charge < -0.3 is 20.1 Å². The fraction of sp³-hybridized carbons (Fsp3) is 0.355. The number of aliphatic hydroxyl groups excluding tert-OH is 1. The number of rotatable bonds is 7. The first kappa shape index (κ1) is 26.6. The molecule has 0 aliphatic heterocycles. The number of carbonyl (C=O) groups excluding carboxylic acids is 1. The Labute approximate surface area is 220 Å². The molecule has 0 unspecified atom stereocenters. The highest BCUT2D eigenvalue weighted by Crippen LogP contribution is 2.34. The van der Waals surface area contributed by atoms with Crippen molar-refractivity contribution in [2.75, 3.05) is 20.2 Å². The number of carbonyl (C=O) groups is 1. The third kappa shape index (κ3) is 6.85. The molecule has 0 saturated heterocycles. The first-order chi connectivity index (χ1) is 17.6. The smallest absolute Gasteiger partial charge is 0.251 e. The van der Waals surface area contributed by atoms with Crippen molar-refractivity contribution in [2.24, 2.45) is 4.99 Å². The Morgan fingerprint density at radius 1 is 1.05 bits per heavy atom. The number of fused-ring (bicyclic) bond motifs is 1. The molecule has 37 heavy (non-hydrogen) atoms. The third-order valence-electron chi connectivity index (χ3n) is 6.62. The number of nitrogens with zero attached hydrogens (tertiary/aromatic N) is 2. The summed E-state index contributed by atoms with van der Waals surface area (Å²) in [6.45, 7) is 9.45. The van der Waals surface area contributed by atoms with Crippen LogP contribution in [0.1, 0.15) is 55.2 Å². The number of hydrogen-bond acceptors (Lipinski definition) is 4. The summed E-state index contributed by atoms with van der Waals surface area (Å²) in [5.74, 6) is 0.662. The minimum atomic E-state index is -0.680. The lowest BCUT2D eigenvalue weighted by atomic mass is 10.0. The van der Waals surface area contributed by atoms with Crippen LogP contribution in [0.2, 0.25) is 0 Å². The number of aliphatic imine (C=N–C) groups is 1. The largest absolute Gasteiger partial charge is 0.390 e. The summed E-state index contributed by atoms with van der Waals surface area (Å²) < 4.78 is 5.82. The molecule has 1 aliphatic carbocycles. The van der Waals surface area contributed by atoms with Gasteiger partial charge in [0.1, 0.15) is 5.84 Å². The van der Waals surface area contributed by atoms with Gasteiger partial charge in [0.25, 0.3) is 5.91 Å². The van der Waals surface area contributed by atoms with Crippen LogP contribution in [0, 0.1) is 0 Å². The number of hydrogen-bond donors (Lipinski definition) is 2. The zero-order chi connectivity index (χ0) is 26.6. The van der Waals surface area contributed by atoms with Gasteiger partial charge in [-0.2, -0.15) is 0 Å². The van der Waals surface area contributed by atoms with Crippen molar-refractivity contribution < 1.29 is 14.6 Å². The monoisotopic (exact) mass is 499 g/mol. The number of likely N-dealkylation sites (N-methyl/N-ethyl adjacent to an activating group) is 1. The van der Waals surface area contributed by atoms with E-state index >= 15 is 0 Å². The lowest BCUT2D eigenvalue weighted by Crippen LogP contribution is -2.33. The van der Waals surface area contributed by atoms with Crippen LogP contribution in [0.15, 0.2) is 77.8 Å². The summed E-state index contributed by atoms with van der Waals surface area (Å²) in [5, 5.41) is 13.8. The summed E-state index contributed by atoms with van der Waals surface area (Å²) in [7, 11) is 1.99. The summed E-state index contributed by atoms with van der Waals surface area (Å²) in [6, 6.07) is 23.0. The van der Waals surface area contributed by atoms with Gasteiger partial charge in [-0.3, -0.25) is 4.79 Å². The van der Waals surface area contributed by atoms with Crippen LogP contribution in [0.3, 0.4) is 0 Å². The molecule has 0 saturated carbocycles. The molecule has 194 valence electrons. The van der Waals surface area contributed by atoms with Gasteiger partial charge in [0, 0.05) is 25.6 Å². The van der Waals surface area contributed by atoms with Crippen molar-refractivity contribution in [1.82, 2.24) is 10.2 Å². The van der Waals surface area contributed by atoms with Crippen LogP contribution >= 0.6 is 0 Å². The van der Waals surface area contributed by atoms with Crippen LogP contribution in [0.4, 0.5) is 5.69 Å². The first-order valence-corrected chi connectivity index (χ1v) is 12.8. The highest BCUT2D eigenvalue weighted by atomic mass is 16.5. The molecule has 3 aromatic rings. The van der Waals surface area contributed by atoms with Gasteiger partial charge in [0.05, 0.1) is 30.0 Å². The predicted molar refractivity (Wildman–Crippen MR) is 149 cm³/mol. The van der Waals surface area contributed by atoms with E-state index in [9.17, 15) is 9.90 Å². The van der Waals surface area contributed by atoms with E-state index in [0.29, 0.717) is 18.6 Å². The zero-order valence-corrected chi connectivity index (χ0v) is 22.4. The molecule has 1 amide bonds. The molecule has 4 rings (SSSR count). The Balaban J connectivity index is 1.45. The summed E-state index contributed by atoms with van der Waals surface area (Å²) >= 11 is 0. The van der Waals surface area contributed by atoms with Gasteiger partial charge in [-0.05, 0) is 74.2 Å². The van der Waals surface area contributed by atoms with E-state index < -0.39 is 12.1 Å². The molecule has 2 atom stereocenters. The number of ether oxygens (including phenoxy) is 1. The first-order valence-electron chi connectivity index (χ1n) is 12.8. The number of benzene rings is 3. The molecule has 6 heteroatoms. The molecule has 3 aromatic carbocycles.